The first kappa shape index (κ1) is 20.4. The molecule has 1 N–H and O–H groups in total. The predicted octanol–water partition coefficient (Wildman–Crippen LogP) is 3.24. The van der Waals surface area contributed by atoms with Gasteiger partial charge in [0, 0.05) is 31.0 Å². The molecule has 8 heteroatoms. The van der Waals surface area contributed by atoms with Crippen LogP contribution in [-0.2, 0) is 14.8 Å². The van der Waals surface area contributed by atoms with Crippen LogP contribution in [0, 0.1) is 0 Å². The van der Waals surface area contributed by atoms with Crippen molar-refractivity contribution < 1.29 is 13.2 Å². The van der Waals surface area contributed by atoms with Gasteiger partial charge in [0.1, 0.15) is 4.21 Å². The third kappa shape index (κ3) is 4.84. The summed E-state index contributed by atoms with van der Waals surface area (Å²) in [5, 5.41) is 4.44. The second-order valence-electron chi connectivity index (χ2n) is 6.17. The molecule has 0 saturated heterocycles. The van der Waals surface area contributed by atoms with Gasteiger partial charge in [-0.3, -0.25) is 4.79 Å². The van der Waals surface area contributed by atoms with E-state index in [9.17, 15) is 13.2 Å². The van der Waals surface area contributed by atoms with E-state index in [1.165, 1.54) is 13.1 Å². The van der Waals surface area contributed by atoms with Crippen LogP contribution in [0.1, 0.15) is 20.8 Å². The molecular formula is C18H25N3O3S2. The fourth-order valence-electron chi connectivity index (χ4n) is 2.63. The molecule has 6 nitrogen and oxygen atoms in total. The Bertz CT molecular complexity index is 816. The highest BCUT2D eigenvalue weighted by Gasteiger charge is 2.23. The van der Waals surface area contributed by atoms with E-state index in [2.05, 4.69) is 31.0 Å². The minimum atomic E-state index is -3.63. The maximum absolute atomic E-state index is 12.3. The van der Waals surface area contributed by atoms with E-state index in [1.54, 1.807) is 11.4 Å². The van der Waals surface area contributed by atoms with Crippen LogP contribution in [0.15, 0.2) is 46.0 Å². The summed E-state index contributed by atoms with van der Waals surface area (Å²) in [4.78, 5) is 14.4. The second kappa shape index (κ2) is 8.66. The average molecular weight is 396 g/mol. The molecule has 1 aromatic heterocycles. The molecule has 0 unspecified atom stereocenters. The standard InChI is InChI=1S/C18H25N3O3S2/c1-5-21(14(2)3)16-10-8-15(9-11-16)19-17(22)13-20(4)26(23,24)18-7-6-12-25-18/h6-12,14H,5,13H2,1-4H3,(H,19,22). The molecule has 0 fully saturated rings. The van der Waals surface area contributed by atoms with E-state index >= 15 is 0 Å². The van der Waals surface area contributed by atoms with Crippen LogP contribution in [0.4, 0.5) is 11.4 Å². The fraction of sp³-hybridized carbons (Fsp3) is 0.389. The van der Waals surface area contributed by atoms with E-state index in [0.717, 1.165) is 27.9 Å². The Labute approximate surface area is 159 Å². The van der Waals surface area contributed by atoms with Gasteiger partial charge < -0.3 is 10.2 Å². The third-order valence-electron chi connectivity index (χ3n) is 3.97. The van der Waals surface area contributed by atoms with E-state index in [-0.39, 0.29) is 16.7 Å². The molecule has 0 spiro atoms. The van der Waals surface area contributed by atoms with E-state index in [4.69, 9.17) is 0 Å². The van der Waals surface area contributed by atoms with Gasteiger partial charge in [0.05, 0.1) is 6.54 Å². The van der Waals surface area contributed by atoms with Crippen molar-refractivity contribution in [3.05, 3.63) is 41.8 Å². The number of carbonyl (C=O) groups excluding carboxylic acids is 1. The summed E-state index contributed by atoms with van der Waals surface area (Å²) in [5.74, 6) is -0.378. The van der Waals surface area contributed by atoms with Crippen molar-refractivity contribution in [3.8, 4) is 0 Å². The van der Waals surface area contributed by atoms with E-state index in [0.29, 0.717) is 11.7 Å². The number of likely N-dealkylation sites (N-methyl/N-ethyl adjacent to an activating group) is 1. The number of nitrogens with one attached hydrogen (secondary N) is 1. The Morgan fingerprint density at radius 1 is 1.19 bits per heavy atom. The quantitative estimate of drug-likeness (QED) is 0.745. The normalized spacial score (nSPS) is 11.8. The van der Waals surface area contributed by atoms with Crippen LogP contribution < -0.4 is 10.2 Å². The molecule has 2 rings (SSSR count). The molecule has 2 aromatic rings. The number of carbonyl (C=O) groups is 1. The smallest absolute Gasteiger partial charge is 0.252 e. The lowest BCUT2D eigenvalue weighted by Gasteiger charge is -2.27. The molecule has 1 amide bonds. The number of hydrogen-bond acceptors (Lipinski definition) is 5. The topological polar surface area (TPSA) is 69.7 Å². The van der Waals surface area contributed by atoms with E-state index < -0.39 is 10.0 Å². The SMILES string of the molecule is CCN(c1ccc(NC(=O)CN(C)S(=O)(=O)c2cccs2)cc1)C(C)C. The molecule has 26 heavy (non-hydrogen) atoms. The van der Waals surface area contributed by atoms with Gasteiger partial charge in [-0.25, -0.2) is 8.42 Å². The number of rotatable bonds is 8. The summed E-state index contributed by atoms with van der Waals surface area (Å²) < 4.78 is 26.0. The van der Waals surface area contributed by atoms with Crippen molar-refractivity contribution in [2.45, 2.75) is 31.0 Å². The van der Waals surface area contributed by atoms with Crippen molar-refractivity contribution in [3.63, 3.8) is 0 Å². The molecule has 0 atom stereocenters. The van der Waals surface area contributed by atoms with Crippen LogP contribution in [0.2, 0.25) is 0 Å². The highest BCUT2D eigenvalue weighted by Crippen LogP contribution is 2.21. The summed E-state index contributed by atoms with van der Waals surface area (Å²) in [7, 11) is -2.23. The third-order valence-corrected chi connectivity index (χ3v) is 7.15. The zero-order valence-corrected chi connectivity index (χ0v) is 17.1. The minimum Gasteiger partial charge on any atom is -0.369 e. The van der Waals surface area contributed by atoms with Crippen molar-refractivity contribution in [2.75, 3.05) is 30.4 Å². The van der Waals surface area contributed by atoms with Gasteiger partial charge in [-0.1, -0.05) is 6.07 Å². The molecule has 0 aliphatic rings. The van der Waals surface area contributed by atoms with Gasteiger partial charge in [-0.05, 0) is 56.5 Å². The molecule has 0 aliphatic heterocycles. The molecule has 0 aliphatic carbocycles. The maximum Gasteiger partial charge on any atom is 0.252 e. The van der Waals surface area contributed by atoms with Crippen LogP contribution in [-0.4, -0.2) is 44.8 Å². The van der Waals surface area contributed by atoms with Gasteiger partial charge in [-0.15, -0.1) is 11.3 Å². The number of benzene rings is 1. The molecule has 1 aromatic carbocycles. The molecular weight excluding hydrogens is 370 g/mol. The molecule has 1 heterocycles. The molecule has 0 saturated carbocycles. The lowest BCUT2D eigenvalue weighted by atomic mass is 10.2. The highest BCUT2D eigenvalue weighted by molar-refractivity contribution is 7.91. The maximum atomic E-state index is 12.3. The Balaban J connectivity index is 1.99. The first-order valence-electron chi connectivity index (χ1n) is 8.42. The Hall–Kier alpha value is -1.90. The zero-order valence-electron chi connectivity index (χ0n) is 15.5. The van der Waals surface area contributed by atoms with Crippen LogP contribution in [0.5, 0.6) is 0 Å². The number of hydrogen-bond donors (Lipinski definition) is 1. The number of thiophene rings is 1. The number of anilines is 2. The summed E-state index contributed by atoms with van der Waals surface area (Å²) in [5.41, 5.74) is 1.72. The van der Waals surface area contributed by atoms with Gasteiger partial charge in [0.15, 0.2) is 0 Å². The first-order valence-corrected chi connectivity index (χ1v) is 10.7. The largest absolute Gasteiger partial charge is 0.369 e. The molecule has 0 bridgehead atoms. The van der Waals surface area contributed by atoms with Gasteiger partial charge >= 0.3 is 0 Å². The lowest BCUT2D eigenvalue weighted by Crippen LogP contribution is -2.34. The summed E-state index contributed by atoms with van der Waals surface area (Å²) >= 11 is 1.13. The highest BCUT2D eigenvalue weighted by atomic mass is 32.2. The van der Waals surface area contributed by atoms with Crippen molar-refractivity contribution in [2.24, 2.45) is 0 Å². The van der Waals surface area contributed by atoms with Gasteiger partial charge in [0.25, 0.3) is 10.0 Å². The average Bonchev–Trinajstić information content (AvgIpc) is 3.12. The zero-order chi connectivity index (χ0) is 19.3. The van der Waals surface area contributed by atoms with Crippen LogP contribution >= 0.6 is 11.3 Å². The van der Waals surface area contributed by atoms with E-state index in [1.807, 2.05) is 24.3 Å². The lowest BCUT2D eigenvalue weighted by molar-refractivity contribution is -0.116. The van der Waals surface area contributed by atoms with Crippen molar-refractivity contribution in [1.29, 1.82) is 0 Å². The van der Waals surface area contributed by atoms with Crippen molar-refractivity contribution >= 4 is 38.6 Å². The summed E-state index contributed by atoms with van der Waals surface area (Å²) in [6.07, 6.45) is 0. The Morgan fingerprint density at radius 3 is 2.35 bits per heavy atom. The van der Waals surface area contributed by atoms with Crippen LogP contribution in [0.25, 0.3) is 0 Å². The number of nitrogens with zero attached hydrogens (tertiary/aromatic N) is 2. The van der Waals surface area contributed by atoms with Gasteiger partial charge in [-0.2, -0.15) is 4.31 Å². The molecule has 142 valence electrons. The Morgan fingerprint density at radius 2 is 1.85 bits per heavy atom. The number of sulfonamides is 1. The van der Waals surface area contributed by atoms with Crippen molar-refractivity contribution in [1.82, 2.24) is 4.31 Å². The fourth-order valence-corrected chi connectivity index (χ4v) is 4.96. The summed E-state index contributed by atoms with van der Waals surface area (Å²) in [6.45, 7) is 7.01. The predicted molar refractivity (Wildman–Crippen MR) is 107 cm³/mol. The second-order valence-corrected chi connectivity index (χ2v) is 9.39. The van der Waals surface area contributed by atoms with Gasteiger partial charge in [0.2, 0.25) is 5.91 Å². The monoisotopic (exact) mass is 395 g/mol. The number of amides is 1. The minimum absolute atomic E-state index is 0.227. The molecule has 0 radical (unpaired) electrons. The summed E-state index contributed by atoms with van der Waals surface area (Å²) in [6, 6.07) is 11.1. The van der Waals surface area contributed by atoms with Crippen LogP contribution in [0.3, 0.4) is 0 Å². The Kier molecular flexibility index (Phi) is 6.80. The first-order chi connectivity index (χ1) is 12.3.